The molecule has 1 N–H and O–H groups in total. The predicted octanol–water partition coefficient (Wildman–Crippen LogP) is -0.0709. The first-order valence-corrected chi connectivity index (χ1v) is 6.96. The van der Waals surface area contributed by atoms with Gasteiger partial charge in [0.05, 0.1) is 11.4 Å². The van der Waals surface area contributed by atoms with Gasteiger partial charge in [-0.15, -0.1) is 0 Å². The number of sulfonamides is 1. The number of hydrogen-bond acceptors (Lipinski definition) is 4. The summed E-state index contributed by atoms with van der Waals surface area (Å²) in [6.07, 6.45) is 4.54. The standard InChI is InChI=1S/C11H14N4O3S/c1-14-6-5-12-10(14)8-15(2)19(17,18)9-3-4-11(16)13-7-9/h3-7H,8H2,1-2H3,(H,13,16). The van der Waals surface area contributed by atoms with E-state index < -0.39 is 10.0 Å². The maximum Gasteiger partial charge on any atom is 0.247 e. The van der Waals surface area contributed by atoms with Crippen LogP contribution in [0.5, 0.6) is 0 Å². The molecule has 2 rings (SSSR count). The van der Waals surface area contributed by atoms with E-state index in [0.29, 0.717) is 5.82 Å². The van der Waals surface area contributed by atoms with Gasteiger partial charge in [0.2, 0.25) is 15.6 Å². The minimum absolute atomic E-state index is 0.0452. The Hall–Kier alpha value is -1.93. The lowest BCUT2D eigenvalue weighted by molar-refractivity contribution is 0.451. The third kappa shape index (κ3) is 2.74. The van der Waals surface area contributed by atoms with Gasteiger partial charge in [0.15, 0.2) is 0 Å². The summed E-state index contributed by atoms with van der Waals surface area (Å²) < 4.78 is 27.4. The van der Waals surface area contributed by atoms with Gasteiger partial charge in [0.25, 0.3) is 0 Å². The molecule has 0 aromatic carbocycles. The van der Waals surface area contributed by atoms with Crippen LogP contribution >= 0.6 is 0 Å². The molecule has 7 nitrogen and oxygen atoms in total. The highest BCUT2D eigenvalue weighted by Gasteiger charge is 2.22. The van der Waals surface area contributed by atoms with E-state index in [-0.39, 0.29) is 17.0 Å². The molecule has 0 aliphatic carbocycles. The van der Waals surface area contributed by atoms with Gasteiger partial charge in [-0.05, 0) is 6.07 Å². The van der Waals surface area contributed by atoms with Crippen LogP contribution in [0.1, 0.15) is 5.82 Å². The van der Waals surface area contributed by atoms with Gasteiger partial charge < -0.3 is 9.55 Å². The Kier molecular flexibility index (Phi) is 3.54. The molecule has 0 amide bonds. The molecule has 2 aromatic heterocycles. The normalized spacial score (nSPS) is 11.9. The molecule has 8 heteroatoms. The van der Waals surface area contributed by atoms with Crippen LogP contribution in [0.15, 0.2) is 40.4 Å². The number of hydrogen-bond donors (Lipinski definition) is 1. The molecule has 0 atom stereocenters. The fourth-order valence-corrected chi connectivity index (χ4v) is 2.66. The van der Waals surface area contributed by atoms with Crippen LogP contribution in [0.2, 0.25) is 0 Å². The molecule has 0 aliphatic heterocycles. The molecule has 0 aliphatic rings. The van der Waals surface area contributed by atoms with E-state index in [4.69, 9.17) is 0 Å². The number of rotatable bonds is 4. The predicted molar refractivity (Wildman–Crippen MR) is 68.9 cm³/mol. The summed E-state index contributed by atoms with van der Waals surface area (Å²) in [6, 6.07) is 2.46. The van der Waals surface area contributed by atoms with Gasteiger partial charge in [-0.1, -0.05) is 0 Å². The van der Waals surface area contributed by atoms with Gasteiger partial charge in [0, 0.05) is 38.8 Å². The van der Waals surface area contributed by atoms with Crippen molar-refractivity contribution in [2.45, 2.75) is 11.4 Å². The molecule has 19 heavy (non-hydrogen) atoms. The average molecular weight is 282 g/mol. The summed E-state index contributed by atoms with van der Waals surface area (Å²) in [6.45, 7) is 0.158. The minimum Gasteiger partial charge on any atom is -0.337 e. The van der Waals surface area contributed by atoms with E-state index in [1.54, 1.807) is 24.0 Å². The number of aromatic amines is 1. The van der Waals surface area contributed by atoms with Crippen molar-refractivity contribution in [2.75, 3.05) is 7.05 Å². The first-order valence-electron chi connectivity index (χ1n) is 5.52. The largest absolute Gasteiger partial charge is 0.337 e. The van der Waals surface area contributed by atoms with Crippen LogP contribution in [0.25, 0.3) is 0 Å². The third-order valence-corrected chi connectivity index (χ3v) is 4.55. The lowest BCUT2D eigenvalue weighted by Gasteiger charge is -2.16. The number of aromatic nitrogens is 3. The van der Waals surface area contributed by atoms with Gasteiger partial charge in [0.1, 0.15) is 5.82 Å². The summed E-state index contributed by atoms with van der Waals surface area (Å²) >= 11 is 0. The summed E-state index contributed by atoms with van der Waals surface area (Å²) in [7, 11) is -0.377. The molecule has 0 saturated carbocycles. The van der Waals surface area contributed by atoms with Crippen molar-refractivity contribution < 1.29 is 8.42 Å². The van der Waals surface area contributed by atoms with Crippen molar-refractivity contribution in [3.8, 4) is 0 Å². The Labute approximate surface area is 110 Å². The second-order valence-corrected chi connectivity index (χ2v) is 6.15. The maximum absolute atomic E-state index is 12.2. The fraction of sp³-hybridized carbons (Fsp3) is 0.273. The fourth-order valence-electron chi connectivity index (χ4n) is 1.57. The molecule has 0 radical (unpaired) electrons. The van der Waals surface area contributed by atoms with Crippen LogP contribution in [0, 0.1) is 0 Å². The molecular weight excluding hydrogens is 268 g/mol. The Bertz CT molecular complexity index is 712. The molecule has 2 aromatic rings. The summed E-state index contributed by atoms with van der Waals surface area (Å²) in [4.78, 5) is 17.4. The van der Waals surface area contributed by atoms with Gasteiger partial charge in [-0.3, -0.25) is 4.79 Å². The van der Waals surface area contributed by atoms with Crippen LogP contribution < -0.4 is 5.56 Å². The highest BCUT2D eigenvalue weighted by Crippen LogP contribution is 2.13. The molecule has 0 spiro atoms. The second kappa shape index (κ2) is 4.98. The van der Waals surface area contributed by atoms with Gasteiger partial charge >= 0.3 is 0 Å². The quantitative estimate of drug-likeness (QED) is 0.850. The van der Waals surface area contributed by atoms with E-state index in [2.05, 4.69) is 9.97 Å². The first-order chi connectivity index (χ1) is 8.91. The Morgan fingerprint density at radius 3 is 2.68 bits per heavy atom. The van der Waals surface area contributed by atoms with E-state index in [9.17, 15) is 13.2 Å². The smallest absolute Gasteiger partial charge is 0.247 e. The first kappa shape index (κ1) is 13.5. The van der Waals surface area contributed by atoms with Crippen molar-refractivity contribution in [2.24, 2.45) is 7.05 Å². The van der Waals surface area contributed by atoms with Gasteiger partial charge in [-0.2, -0.15) is 4.31 Å². The van der Waals surface area contributed by atoms with Crippen LogP contribution in [-0.2, 0) is 23.6 Å². The highest BCUT2D eigenvalue weighted by atomic mass is 32.2. The number of aryl methyl sites for hydroxylation is 1. The zero-order valence-electron chi connectivity index (χ0n) is 10.6. The average Bonchev–Trinajstić information content (AvgIpc) is 2.75. The maximum atomic E-state index is 12.2. The number of nitrogens with zero attached hydrogens (tertiary/aromatic N) is 3. The molecule has 0 fully saturated rings. The Balaban J connectivity index is 2.27. The van der Waals surface area contributed by atoms with Crippen molar-refractivity contribution in [1.82, 2.24) is 18.8 Å². The van der Waals surface area contributed by atoms with Crippen molar-refractivity contribution in [1.29, 1.82) is 0 Å². The van der Waals surface area contributed by atoms with E-state index in [1.807, 2.05) is 0 Å². The number of pyridine rings is 1. The van der Waals surface area contributed by atoms with Crippen LogP contribution in [-0.4, -0.2) is 34.3 Å². The molecule has 2 heterocycles. The molecule has 0 unspecified atom stereocenters. The topological polar surface area (TPSA) is 88.1 Å². The van der Waals surface area contributed by atoms with Crippen molar-refractivity contribution in [3.05, 3.63) is 46.9 Å². The molecular formula is C11H14N4O3S. The zero-order valence-corrected chi connectivity index (χ0v) is 11.4. The Morgan fingerprint density at radius 1 is 1.42 bits per heavy atom. The van der Waals surface area contributed by atoms with Gasteiger partial charge in [-0.25, -0.2) is 13.4 Å². The van der Waals surface area contributed by atoms with Crippen LogP contribution in [0.3, 0.4) is 0 Å². The summed E-state index contributed by atoms with van der Waals surface area (Å²) in [5.74, 6) is 0.635. The third-order valence-electron chi connectivity index (χ3n) is 2.75. The van der Waals surface area contributed by atoms with E-state index in [0.717, 1.165) is 0 Å². The number of H-pyrrole nitrogens is 1. The van der Waals surface area contributed by atoms with E-state index >= 15 is 0 Å². The molecule has 0 saturated heterocycles. The lowest BCUT2D eigenvalue weighted by atomic mass is 10.5. The summed E-state index contributed by atoms with van der Waals surface area (Å²) in [5, 5.41) is 0. The highest BCUT2D eigenvalue weighted by molar-refractivity contribution is 7.89. The minimum atomic E-state index is -3.64. The SMILES string of the molecule is CN(Cc1nccn1C)S(=O)(=O)c1ccc(=O)[nH]c1. The summed E-state index contributed by atoms with van der Waals surface area (Å²) in [5.41, 5.74) is -0.342. The Morgan fingerprint density at radius 2 is 2.16 bits per heavy atom. The van der Waals surface area contributed by atoms with E-state index in [1.165, 1.54) is 29.7 Å². The number of nitrogens with one attached hydrogen (secondary N) is 1. The lowest BCUT2D eigenvalue weighted by Crippen LogP contribution is -2.28. The second-order valence-electron chi connectivity index (χ2n) is 4.10. The van der Waals surface area contributed by atoms with Crippen molar-refractivity contribution in [3.63, 3.8) is 0 Å². The zero-order chi connectivity index (χ0) is 14.0. The van der Waals surface area contributed by atoms with Crippen molar-refractivity contribution >= 4 is 10.0 Å². The molecule has 102 valence electrons. The van der Waals surface area contributed by atoms with Crippen LogP contribution in [0.4, 0.5) is 0 Å². The number of imidazole rings is 1. The molecule has 0 bridgehead atoms. The monoisotopic (exact) mass is 282 g/mol.